The van der Waals surface area contributed by atoms with Gasteiger partial charge in [0.2, 0.25) is 5.91 Å². The van der Waals surface area contributed by atoms with Crippen LogP contribution >= 0.6 is 15.9 Å². The maximum absolute atomic E-state index is 13.6. The number of anilines is 1. The van der Waals surface area contributed by atoms with Crippen LogP contribution in [0.2, 0.25) is 0 Å². The zero-order chi connectivity index (χ0) is 14.5. The molecule has 2 rings (SSSR count). The fourth-order valence-corrected chi connectivity index (χ4v) is 2.29. The molecule has 104 valence electrons. The molecule has 2 aromatic carbocycles. The van der Waals surface area contributed by atoms with Gasteiger partial charge in [-0.3, -0.25) is 4.79 Å². The van der Waals surface area contributed by atoms with E-state index in [1.165, 1.54) is 11.6 Å². The predicted octanol–water partition coefficient (Wildman–Crippen LogP) is 4.33. The van der Waals surface area contributed by atoms with E-state index in [2.05, 4.69) is 28.2 Å². The molecule has 0 spiro atoms. The highest BCUT2D eigenvalue weighted by atomic mass is 79.9. The van der Waals surface area contributed by atoms with Crippen molar-refractivity contribution in [3.05, 3.63) is 63.9 Å². The van der Waals surface area contributed by atoms with Crippen LogP contribution in [-0.2, 0) is 17.6 Å². The van der Waals surface area contributed by atoms with E-state index in [0.717, 1.165) is 16.6 Å². The standard InChI is InChI=1S/C16H15BrFNO/c1-2-11-3-6-14(7-4-11)19-16(20)10-12-9-13(17)5-8-15(12)18/h3-9H,2,10H2,1H3,(H,19,20). The van der Waals surface area contributed by atoms with Crippen LogP contribution in [0.1, 0.15) is 18.1 Å². The molecule has 4 heteroatoms. The van der Waals surface area contributed by atoms with E-state index in [-0.39, 0.29) is 18.1 Å². The van der Waals surface area contributed by atoms with Crippen molar-refractivity contribution in [1.82, 2.24) is 0 Å². The molecule has 0 aromatic heterocycles. The average molecular weight is 336 g/mol. The number of carbonyl (C=O) groups is 1. The van der Waals surface area contributed by atoms with Crippen LogP contribution in [0.3, 0.4) is 0 Å². The first-order valence-corrected chi connectivity index (χ1v) is 7.20. The summed E-state index contributed by atoms with van der Waals surface area (Å²) in [5.74, 6) is -0.601. The molecule has 0 saturated carbocycles. The molecular formula is C16H15BrFNO. The molecule has 2 nitrogen and oxygen atoms in total. The summed E-state index contributed by atoms with van der Waals surface area (Å²) >= 11 is 3.27. The number of rotatable bonds is 4. The Morgan fingerprint density at radius 3 is 2.55 bits per heavy atom. The van der Waals surface area contributed by atoms with Crippen LogP contribution in [0, 0.1) is 5.82 Å². The van der Waals surface area contributed by atoms with Crippen LogP contribution in [-0.4, -0.2) is 5.91 Å². The summed E-state index contributed by atoms with van der Waals surface area (Å²) in [6.45, 7) is 2.07. The monoisotopic (exact) mass is 335 g/mol. The topological polar surface area (TPSA) is 29.1 Å². The third kappa shape index (κ3) is 3.90. The largest absolute Gasteiger partial charge is 0.326 e. The first-order valence-electron chi connectivity index (χ1n) is 6.41. The van der Waals surface area contributed by atoms with Gasteiger partial charge in [0.05, 0.1) is 6.42 Å². The maximum Gasteiger partial charge on any atom is 0.228 e. The second kappa shape index (κ2) is 6.66. The number of hydrogen-bond acceptors (Lipinski definition) is 1. The molecule has 0 bridgehead atoms. The summed E-state index contributed by atoms with van der Waals surface area (Å²) < 4.78 is 14.3. The second-order valence-electron chi connectivity index (χ2n) is 4.51. The van der Waals surface area contributed by atoms with Gasteiger partial charge in [0.15, 0.2) is 0 Å². The lowest BCUT2D eigenvalue weighted by Crippen LogP contribution is -2.15. The van der Waals surface area contributed by atoms with Crippen molar-refractivity contribution in [2.45, 2.75) is 19.8 Å². The second-order valence-corrected chi connectivity index (χ2v) is 5.43. The number of halogens is 2. The molecule has 0 aliphatic carbocycles. The summed E-state index contributed by atoms with van der Waals surface area (Å²) in [4.78, 5) is 11.9. The van der Waals surface area contributed by atoms with Crippen molar-refractivity contribution in [3.63, 3.8) is 0 Å². The number of nitrogens with one attached hydrogen (secondary N) is 1. The van der Waals surface area contributed by atoms with E-state index in [4.69, 9.17) is 0 Å². The number of aryl methyl sites for hydroxylation is 1. The van der Waals surface area contributed by atoms with Gasteiger partial charge in [0.25, 0.3) is 0 Å². The molecule has 0 unspecified atom stereocenters. The number of hydrogen-bond donors (Lipinski definition) is 1. The highest BCUT2D eigenvalue weighted by molar-refractivity contribution is 9.10. The van der Waals surface area contributed by atoms with Crippen molar-refractivity contribution >= 4 is 27.5 Å². The van der Waals surface area contributed by atoms with E-state index in [1.807, 2.05) is 24.3 Å². The molecule has 0 heterocycles. The molecule has 1 N–H and O–H groups in total. The van der Waals surface area contributed by atoms with Gasteiger partial charge in [-0.2, -0.15) is 0 Å². The smallest absolute Gasteiger partial charge is 0.228 e. The SMILES string of the molecule is CCc1ccc(NC(=O)Cc2cc(Br)ccc2F)cc1. The van der Waals surface area contributed by atoms with Crippen LogP contribution in [0.4, 0.5) is 10.1 Å². The van der Waals surface area contributed by atoms with E-state index in [1.54, 1.807) is 12.1 Å². The van der Waals surface area contributed by atoms with Gasteiger partial charge in [0, 0.05) is 10.2 Å². The lowest BCUT2D eigenvalue weighted by atomic mass is 10.1. The van der Waals surface area contributed by atoms with Crippen molar-refractivity contribution in [2.75, 3.05) is 5.32 Å². The fourth-order valence-electron chi connectivity index (χ4n) is 1.88. The minimum Gasteiger partial charge on any atom is -0.326 e. The third-order valence-corrected chi connectivity index (χ3v) is 3.50. The minimum atomic E-state index is -0.371. The minimum absolute atomic E-state index is 0.0147. The zero-order valence-electron chi connectivity index (χ0n) is 11.1. The maximum atomic E-state index is 13.6. The van der Waals surface area contributed by atoms with Gasteiger partial charge in [0.1, 0.15) is 5.82 Å². The highest BCUT2D eigenvalue weighted by Crippen LogP contribution is 2.17. The first-order chi connectivity index (χ1) is 9.58. The molecule has 0 aliphatic heterocycles. The lowest BCUT2D eigenvalue weighted by Gasteiger charge is -2.07. The van der Waals surface area contributed by atoms with Crippen molar-refractivity contribution < 1.29 is 9.18 Å². The van der Waals surface area contributed by atoms with Gasteiger partial charge in [-0.25, -0.2) is 4.39 Å². The van der Waals surface area contributed by atoms with Gasteiger partial charge in [-0.15, -0.1) is 0 Å². The van der Waals surface area contributed by atoms with Crippen LogP contribution in [0.5, 0.6) is 0 Å². The van der Waals surface area contributed by atoms with Crippen molar-refractivity contribution in [1.29, 1.82) is 0 Å². The summed E-state index contributed by atoms with van der Waals surface area (Å²) in [6, 6.07) is 12.2. The Kier molecular flexibility index (Phi) is 4.90. The Morgan fingerprint density at radius 1 is 1.20 bits per heavy atom. The molecule has 0 fully saturated rings. The molecule has 20 heavy (non-hydrogen) atoms. The van der Waals surface area contributed by atoms with Gasteiger partial charge >= 0.3 is 0 Å². The van der Waals surface area contributed by atoms with Gasteiger partial charge in [-0.1, -0.05) is 35.0 Å². The lowest BCUT2D eigenvalue weighted by molar-refractivity contribution is -0.115. The molecule has 0 aliphatic rings. The highest BCUT2D eigenvalue weighted by Gasteiger charge is 2.09. The Labute approximate surface area is 126 Å². The average Bonchev–Trinajstić information content (AvgIpc) is 2.43. The van der Waals surface area contributed by atoms with Crippen LogP contribution in [0.25, 0.3) is 0 Å². The number of carbonyl (C=O) groups excluding carboxylic acids is 1. The Hall–Kier alpha value is -1.68. The van der Waals surface area contributed by atoms with E-state index >= 15 is 0 Å². The predicted molar refractivity (Wildman–Crippen MR) is 82.3 cm³/mol. The van der Waals surface area contributed by atoms with Gasteiger partial charge in [-0.05, 0) is 47.9 Å². The summed E-state index contributed by atoms with van der Waals surface area (Å²) in [7, 11) is 0. The molecule has 1 amide bonds. The third-order valence-electron chi connectivity index (χ3n) is 3.00. The van der Waals surface area contributed by atoms with Crippen molar-refractivity contribution in [2.24, 2.45) is 0 Å². The van der Waals surface area contributed by atoms with E-state index < -0.39 is 0 Å². The quantitative estimate of drug-likeness (QED) is 0.885. The molecule has 0 saturated heterocycles. The van der Waals surface area contributed by atoms with Crippen LogP contribution < -0.4 is 5.32 Å². The Morgan fingerprint density at radius 2 is 1.90 bits per heavy atom. The first kappa shape index (κ1) is 14.7. The Balaban J connectivity index is 2.03. The molecule has 0 atom stereocenters. The van der Waals surface area contributed by atoms with Gasteiger partial charge < -0.3 is 5.32 Å². The summed E-state index contributed by atoms with van der Waals surface area (Å²) in [5.41, 5.74) is 2.31. The van der Waals surface area contributed by atoms with Crippen molar-refractivity contribution in [3.8, 4) is 0 Å². The van der Waals surface area contributed by atoms with Crippen LogP contribution in [0.15, 0.2) is 46.9 Å². The molecular weight excluding hydrogens is 321 g/mol. The molecule has 0 radical (unpaired) electrons. The fraction of sp³-hybridized carbons (Fsp3) is 0.188. The Bertz CT molecular complexity index is 610. The number of amides is 1. The summed E-state index contributed by atoms with van der Waals surface area (Å²) in [5, 5.41) is 2.77. The van der Waals surface area contributed by atoms with E-state index in [9.17, 15) is 9.18 Å². The van der Waals surface area contributed by atoms with E-state index in [0.29, 0.717) is 5.56 Å². The molecule has 2 aromatic rings. The zero-order valence-corrected chi connectivity index (χ0v) is 12.7. The summed E-state index contributed by atoms with van der Waals surface area (Å²) in [6.07, 6.45) is 0.971. The number of benzene rings is 2. The normalized spacial score (nSPS) is 10.3.